The second-order valence-electron chi connectivity index (χ2n) is 6.92. The maximum Gasteiger partial charge on any atom is 0.305 e. The Balaban J connectivity index is 1.76. The lowest BCUT2D eigenvalue weighted by molar-refractivity contribution is -0.141. The third-order valence-corrected chi connectivity index (χ3v) is 5.10. The monoisotopic (exact) mass is 348 g/mol. The fraction of sp³-hybridized carbons (Fsp3) is 0.364. The number of hydrogen-bond donors (Lipinski definition) is 0. The molecule has 0 aromatic heterocycles. The van der Waals surface area contributed by atoms with Gasteiger partial charge >= 0.3 is 5.97 Å². The van der Waals surface area contributed by atoms with Crippen molar-refractivity contribution in [3.63, 3.8) is 0 Å². The number of aryl methyl sites for hydroxylation is 1. The minimum Gasteiger partial charge on any atom is -0.469 e. The van der Waals surface area contributed by atoms with Crippen LogP contribution in [0.5, 0.6) is 0 Å². The van der Waals surface area contributed by atoms with Crippen LogP contribution in [0, 0.1) is 24.2 Å². The van der Waals surface area contributed by atoms with Gasteiger partial charge < -0.3 is 9.64 Å². The van der Waals surface area contributed by atoms with E-state index in [0.717, 1.165) is 31.5 Å². The molecule has 1 fully saturated rings. The summed E-state index contributed by atoms with van der Waals surface area (Å²) in [5, 5.41) is 8.94. The highest BCUT2D eigenvalue weighted by molar-refractivity contribution is 5.71. The zero-order chi connectivity index (χ0) is 18.5. The molecule has 0 saturated carbocycles. The lowest BCUT2D eigenvalue weighted by Gasteiger charge is -2.34. The first-order valence-corrected chi connectivity index (χ1v) is 9.03. The number of methoxy groups -OCH3 is 1. The summed E-state index contributed by atoms with van der Waals surface area (Å²) in [6.45, 7) is 4.03. The number of carbonyl (C=O) groups excluding carboxylic acids is 1. The molecule has 1 unspecified atom stereocenters. The Labute approximate surface area is 155 Å². The lowest BCUT2D eigenvalue weighted by atomic mass is 9.93. The number of nitriles is 1. The Hall–Kier alpha value is -2.80. The van der Waals surface area contributed by atoms with Gasteiger partial charge in [0.05, 0.1) is 18.7 Å². The van der Waals surface area contributed by atoms with Crippen molar-refractivity contribution in [2.24, 2.45) is 5.92 Å². The van der Waals surface area contributed by atoms with Crippen molar-refractivity contribution < 1.29 is 9.53 Å². The number of nitrogens with zero attached hydrogens (tertiary/aromatic N) is 2. The van der Waals surface area contributed by atoms with E-state index in [0.29, 0.717) is 17.9 Å². The zero-order valence-electron chi connectivity index (χ0n) is 15.4. The molecule has 4 nitrogen and oxygen atoms in total. The maximum atomic E-state index is 11.6. The van der Waals surface area contributed by atoms with Crippen molar-refractivity contribution in [1.82, 2.24) is 0 Å². The van der Waals surface area contributed by atoms with Gasteiger partial charge in [0.2, 0.25) is 0 Å². The number of carbonyl (C=O) groups is 1. The molecule has 134 valence electrons. The summed E-state index contributed by atoms with van der Waals surface area (Å²) in [6, 6.07) is 16.4. The lowest BCUT2D eigenvalue weighted by Crippen LogP contribution is -2.36. The molecule has 3 rings (SSSR count). The van der Waals surface area contributed by atoms with E-state index in [-0.39, 0.29) is 5.97 Å². The van der Waals surface area contributed by atoms with Crippen molar-refractivity contribution in [1.29, 1.82) is 5.26 Å². The zero-order valence-corrected chi connectivity index (χ0v) is 15.4. The Morgan fingerprint density at radius 3 is 2.69 bits per heavy atom. The molecule has 0 bridgehead atoms. The molecule has 0 radical (unpaired) electrons. The van der Waals surface area contributed by atoms with Crippen molar-refractivity contribution in [2.45, 2.75) is 26.2 Å². The molecule has 0 aliphatic carbocycles. The third-order valence-electron chi connectivity index (χ3n) is 5.10. The Kier molecular flexibility index (Phi) is 5.58. The van der Waals surface area contributed by atoms with Crippen LogP contribution in [0.2, 0.25) is 0 Å². The van der Waals surface area contributed by atoms with Crippen LogP contribution in [0.15, 0.2) is 42.5 Å². The molecule has 0 N–H and O–H groups in total. The van der Waals surface area contributed by atoms with E-state index < -0.39 is 0 Å². The number of ether oxygens (including phenoxy) is 1. The molecule has 1 saturated heterocycles. The van der Waals surface area contributed by atoms with E-state index in [2.05, 4.69) is 36.1 Å². The SMILES string of the molecule is COC(=O)CC1CCCN(c2ccc(-c3ccc(C#N)cc3)c(C)c2)C1. The van der Waals surface area contributed by atoms with Crippen LogP contribution in [0.25, 0.3) is 11.1 Å². The first kappa shape index (κ1) is 18.0. The van der Waals surface area contributed by atoms with Gasteiger partial charge in [-0.25, -0.2) is 0 Å². The average molecular weight is 348 g/mol. The molecule has 2 aromatic carbocycles. The van der Waals surface area contributed by atoms with Crippen LogP contribution in [0.4, 0.5) is 5.69 Å². The maximum absolute atomic E-state index is 11.6. The van der Waals surface area contributed by atoms with Crippen molar-refractivity contribution >= 4 is 11.7 Å². The molecule has 4 heteroatoms. The van der Waals surface area contributed by atoms with Gasteiger partial charge in [0.25, 0.3) is 0 Å². The van der Waals surface area contributed by atoms with Gasteiger partial charge in [-0.1, -0.05) is 18.2 Å². The first-order chi connectivity index (χ1) is 12.6. The third kappa shape index (κ3) is 4.05. The van der Waals surface area contributed by atoms with E-state index >= 15 is 0 Å². The summed E-state index contributed by atoms with van der Waals surface area (Å²) in [5.41, 5.74) is 5.39. The van der Waals surface area contributed by atoms with E-state index in [4.69, 9.17) is 10.00 Å². The molecular weight excluding hydrogens is 324 g/mol. The predicted octanol–water partition coefficient (Wildman–Crippen LogP) is 4.31. The number of benzene rings is 2. The number of esters is 1. The number of anilines is 1. The van der Waals surface area contributed by atoms with Crippen molar-refractivity contribution in [3.8, 4) is 17.2 Å². The topological polar surface area (TPSA) is 53.3 Å². The average Bonchev–Trinajstić information content (AvgIpc) is 2.68. The standard InChI is InChI=1S/C22H24N2O2/c1-16-12-20(24-11-3-4-18(15-24)13-22(25)26-2)9-10-21(16)19-7-5-17(14-23)6-8-19/h5-10,12,18H,3-4,11,13,15H2,1-2H3. The van der Waals surface area contributed by atoms with Crippen LogP contribution in [-0.2, 0) is 9.53 Å². The summed E-state index contributed by atoms with van der Waals surface area (Å²) >= 11 is 0. The first-order valence-electron chi connectivity index (χ1n) is 9.03. The molecule has 1 aliphatic heterocycles. The molecule has 0 spiro atoms. The normalized spacial score (nSPS) is 16.8. The van der Waals surface area contributed by atoms with Crippen LogP contribution in [0.1, 0.15) is 30.4 Å². The van der Waals surface area contributed by atoms with E-state index in [1.54, 1.807) is 0 Å². The summed E-state index contributed by atoms with van der Waals surface area (Å²) in [7, 11) is 1.45. The van der Waals surface area contributed by atoms with Gasteiger partial charge in [-0.3, -0.25) is 4.79 Å². The molecule has 26 heavy (non-hydrogen) atoms. The summed E-state index contributed by atoms with van der Waals surface area (Å²) in [5.74, 6) is 0.235. The van der Waals surface area contributed by atoms with E-state index in [1.807, 2.05) is 24.3 Å². The minimum atomic E-state index is -0.121. The highest BCUT2D eigenvalue weighted by Gasteiger charge is 2.23. The fourth-order valence-electron chi connectivity index (χ4n) is 3.68. The molecule has 1 aliphatic rings. The van der Waals surface area contributed by atoms with Gasteiger partial charge in [0.1, 0.15) is 0 Å². The second-order valence-corrected chi connectivity index (χ2v) is 6.92. The number of hydrogen-bond acceptors (Lipinski definition) is 4. The Bertz CT molecular complexity index is 821. The largest absolute Gasteiger partial charge is 0.469 e. The van der Waals surface area contributed by atoms with Gasteiger partial charge in [-0.15, -0.1) is 0 Å². The number of rotatable bonds is 4. The number of piperidine rings is 1. The second kappa shape index (κ2) is 8.05. The smallest absolute Gasteiger partial charge is 0.305 e. The molecule has 0 amide bonds. The highest BCUT2D eigenvalue weighted by Crippen LogP contribution is 2.30. The fourth-order valence-corrected chi connectivity index (χ4v) is 3.68. The summed E-state index contributed by atoms with van der Waals surface area (Å²) in [4.78, 5) is 13.9. The minimum absolute atomic E-state index is 0.121. The van der Waals surface area contributed by atoms with Gasteiger partial charge in [0, 0.05) is 25.2 Å². The van der Waals surface area contributed by atoms with Crippen LogP contribution in [0.3, 0.4) is 0 Å². The van der Waals surface area contributed by atoms with Gasteiger partial charge in [-0.05, 0) is 66.6 Å². The predicted molar refractivity (Wildman–Crippen MR) is 103 cm³/mol. The van der Waals surface area contributed by atoms with E-state index in [1.165, 1.54) is 23.9 Å². The molecular formula is C22H24N2O2. The summed E-state index contributed by atoms with van der Waals surface area (Å²) in [6.07, 6.45) is 2.67. The highest BCUT2D eigenvalue weighted by atomic mass is 16.5. The van der Waals surface area contributed by atoms with Crippen molar-refractivity contribution in [2.75, 3.05) is 25.1 Å². The van der Waals surface area contributed by atoms with E-state index in [9.17, 15) is 4.79 Å². The summed E-state index contributed by atoms with van der Waals surface area (Å²) < 4.78 is 4.82. The Morgan fingerprint density at radius 1 is 1.27 bits per heavy atom. The molecule has 1 heterocycles. The Morgan fingerprint density at radius 2 is 2.04 bits per heavy atom. The van der Waals surface area contributed by atoms with Gasteiger partial charge in [0.15, 0.2) is 0 Å². The molecule has 2 aromatic rings. The van der Waals surface area contributed by atoms with Crippen LogP contribution in [-0.4, -0.2) is 26.2 Å². The van der Waals surface area contributed by atoms with Gasteiger partial charge in [-0.2, -0.15) is 5.26 Å². The quantitative estimate of drug-likeness (QED) is 0.773. The van der Waals surface area contributed by atoms with Crippen LogP contribution >= 0.6 is 0 Å². The van der Waals surface area contributed by atoms with Crippen LogP contribution < -0.4 is 4.90 Å². The molecule has 1 atom stereocenters. The van der Waals surface area contributed by atoms with Crippen molar-refractivity contribution in [3.05, 3.63) is 53.6 Å².